The molecule has 0 saturated carbocycles. The second-order valence-corrected chi connectivity index (χ2v) is 15.1. The monoisotopic (exact) mass is 720 g/mol. The summed E-state index contributed by atoms with van der Waals surface area (Å²) in [5.74, 6) is 0.0489. The Morgan fingerprint density at radius 3 is 1.49 bits per heavy atom. The number of esters is 1. The number of unbranched alkanes of at least 4 members (excludes halogenated alkanes) is 19. The maximum absolute atomic E-state index is 12.6. The molecule has 0 amide bonds. The fraction of sp³-hybridized carbons (Fsp3) is 0.867. The minimum absolute atomic E-state index is 0.00180. The van der Waals surface area contributed by atoms with Gasteiger partial charge in [-0.3, -0.25) is 4.79 Å². The van der Waals surface area contributed by atoms with Crippen LogP contribution in [0.2, 0.25) is 0 Å². The van der Waals surface area contributed by atoms with E-state index in [4.69, 9.17) is 14.2 Å². The lowest BCUT2D eigenvalue weighted by molar-refractivity contribution is -0.148. The van der Waals surface area contributed by atoms with E-state index in [1.807, 2.05) is 21.0 Å². The molecule has 0 N–H and O–H groups in total. The molecule has 300 valence electrons. The number of hydrogen-bond donors (Lipinski definition) is 0. The lowest BCUT2D eigenvalue weighted by Gasteiger charge is -2.18. The van der Waals surface area contributed by atoms with Crippen molar-refractivity contribution in [3.05, 3.63) is 24.3 Å². The molecular formula is C45H85NO5. The van der Waals surface area contributed by atoms with Crippen LogP contribution in [0.15, 0.2) is 24.3 Å². The Balaban J connectivity index is 4.27. The number of allylic oxidation sites excluding steroid dienone is 4. The Labute approximate surface area is 317 Å². The number of nitrogens with zero attached hydrogens (tertiary/aromatic N) is 1. The zero-order valence-corrected chi connectivity index (χ0v) is 34.6. The molecule has 0 rings (SSSR count). The standard InChI is InChI=1S/C45H85NO5/c1-6-9-11-13-15-17-18-19-20-21-22-23-27-31-36-42(44(47)49-8-3)37-32-28-25-26-30-34-39-43(38-33-29-24-16-14-12-10-7-2)51-45(48)50-41-35-40-46(4)5/h15,17,19-20,42-43H,6-14,16,18,21-41H2,1-5H3/b17-15-,20-19-. The second-order valence-electron chi connectivity index (χ2n) is 15.1. The molecule has 0 heterocycles. The van der Waals surface area contributed by atoms with Crippen LogP contribution >= 0.6 is 0 Å². The Bertz CT molecular complexity index is 810. The molecule has 51 heavy (non-hydrogen) atoms. The van der Waals surface area contributed by atoms with Gasteiger partial charge in [0.25, 0.3) is 0 Å². The first-order chi connectivity index (χ1) is 24.9. The highest BCUT2D eigenvalue weighted by molar-refractivity contribution is 5.72. The van der Waals surface area contributed by atoms with Gasteiger partial charge in [0.15, 0.2) is 0 Å². The van der Waals surface area contributed by atoms with E-state index in [2.05, 4.69) is 43.1 Å². The second kappa shape index (κ2) is 39.4. The van der Waals surface area contributed by atoms with Crippen LogP contribution in [-0.4, -0.2) is 57.0 Å². The first kappa shape index (κ1) is 49.2. The molecular weight excluding hydrogens is 634 g/mol. The van der Waals surface area contributed by atoms with Crippen molar-refractivity contribution < 1.29 is 23.8 Å². The zero-order valence-electron chi connectivity index (χ0n) is 34.6. The van der Waals surface area contributed by atoms with Crippen LogP contribution in [0.25, 0.3) is 0 Å². The molecule has 0 radical (unpaired) electrons. The Kier molecular flexibility index (Phi) is 38.0. The van der Waals surface area contributed by atoms with Crippen molar-refractivity contribution in [1.82, 2.24) is 4.90 Å². The van der Waals surface area contributed by atoms with Gasteiger partial charge in [0, 0.05) is 6.54 Å². The van der Waals surface area contributed by atoms with Crippen LogP contribution in [-0.2, 0) is 19.0 Å². The maximum Gasteiger partial charge on any atom is 0.508 e. The normalized spacial score (nSPS) is 13.0. The van der Waals surface area contributed by atoms with Crippen molar-refractivity contribution in [2.24, 2.45) is 5.92 Å². The minimum atomic E-state index is -0.501. The quantitative estimate of drug-likeness (QED) is 0.0359. The molecule has 0 spiro atoms. The fourth-order valence-corrected chi connectivity index (χ4v) is 6.61. The van der Waals surface area contributed by atoms with Gasteiger partial charge >= 0.3 is 12.1 Å². The smallest absolute Gasteiger partial charge is 0.466 e. The van der Waals surface area contributed by atoms with Gasteiger partial charge in [-0.15, -0.1) is 0 Å². The van der Waals surface area contributed by atoms with Crippen LogP contribution < -0.4 is 0 Å². The van der Waals surface area contributed by atoms with E-state index in [9.17, 15) is 9.59 Å². The van der Waals surface area contributed by atoms with Crippen molar-refractivity contribution >= 4 is 12.1 Å². The van der Waals surface area contributed by atoms with Crippen LogP contribution in [0.4, 0.5) is 4.79 Å². The van der Waals surface area contributed by atoms with Gasteiger partial charge in [0.2, 0.25) is 0 Å². The largest absolute Gasteiger partial charge is 0.508 e. The predicted molar refractivity (Wildman–Crippen MR) is 218 cm³/mol. The summed E-state index contributed by atoms with van der Waals surface area (Å²) in [6.45, 7) is 8.19. The van der Waals surface area contributed by atoms with E-state index in [1.54, 1.807) is 0 Å². The van der Waals surface area contributed by atoms with Gasteiger partial charge in [0.1, 0.15) is 6.10 Å². The lowest BCUT2D eigenvalue weighted by Crippen LogP contribution is -2.21. The van der Waals surface area contributed by atoms with Gasteiger partial charge in [-0.2, -0.15) is 0 Å². The highest BCUT2D eigenvalue weighted by Crippen LogP contribution is 2.22. The average Bonchev–Trinajstić information content (AvgIpc) is 3.11. The Hall–Kier alpha value is -1.82. The SMILES string of the molecule is CCCCC/C=C\C/C=C\CCCCCCC(CCCCCCCCC(CCCCCCCCCC)OC(=O)OCCCN(C)C)C(=O)OCC. The van der Waals surface area contributed by atoms with Gasteiger partial charge < -0.3 is 19.1 Å². The minimum Gasteiger partial charge on any atom is -0.466 e. The zero-order chi connectivity index (χ0) is 37.5. The summed E-state index contributed by atoms with van der Waals surface area (Å²) < 4.78 is 16.6. The first-order valence-electron chi connectivity index (χ1n) is 21.9. The predicted octanol–water partition coefficient (Wildman–Crippen LogP) is 13.7. The van der Waals surface area contributed by atoms with E-state index in [0.717, 1.165) is 90.0 Å². The van der Waals surface area contributed by atoms with Crippen molar-refractivity contribution in [3.63, 3.8) is 0 Å². The number of hydrogen-bond acceptors (Lipinski definition) is 6. The van der Waals surface area contributed by atoms with Gasteiger partial charge in [-0.1, -0.05) is 147 Å². The molecule has 0 aliphatic rings. The summed E-state index contributed by atoms with van der Waals surface area (Å²) in [6.07, 6.45) is 42.5. The highest BCUT2D eigenvalue weighted by Gasteiger charge is 2.19. The van der Waals surface area contributed by atoms with E-state index in [1.165, 1.54) is 103 Å². The van der Waals surface area contributed by atoms with Crippen molar-refractivity contribution in [1.29, 1.82) is 0 Å². The fourth-order valence-electron chi connectivity index (χ4n) is 6.61. The molecule has 0 aromatic rings. The topological polar surface area (TPSA) is 65.1 Å². The molecule has 0 fully saturated rings. The molecule has 2 atom stereocenters. The molecule has 6 nitrogen and oxygen atoms in total. The van der Waals surface area contributed by atoms with E-state index >= 15 is 0 Å². The van der Waals surface area contributed by atoms with Crippen LogP contribution in [0.5, 0.6) is 0 Å². The van der Waals surface area contributed by atoms with Gasteiger partial charge in [-0.05, 0) is 98.1 Å². The van der Waals surface area contributed by atoms with Crippen molar-refractivity contribution in [3.8, 4) is 0 Å². The molecule has 0 aliphatic heterocycles. The molecule has 0 aromatic carbocycles. The number of ether oxygens (including phenoxy) is 3. The highest BCUT2D eigenvalue weighted by atomic mass is 16.7. The summed E-state index contributed by atoms with van der Waals surface area (Å²) in [5.41, 5.74) is 0. The third kappa shape index (κ3) is 36.3. The van der Waals surface area contributed by atoms with Crippen LogP contribution in [0, 0.1) is 5.92 Å². The molecule has 0 saturated heterocycles. The first-order valence-corrected chi connectivity index (χ1v) is 21.9. The Morgan fingerprint density at radius 2 is 0.980 bits per heavy atom. The lowest BCUT2D eigenvalue weighted by atomic mass is 9.94. The van der Waals surface area contributed by atoms with E-state index in [0.29, 0.717) is 13.2 Å². The molecule has 0 aliphatic carbocycles. The third-order valence-corrected chi connectivity index (χ3v) is 9.81. The van der Waals surface area contributed by atoms with Crippen LogP contribution in [0.1, 0.15) is 207 Å². The van der Waals surface area contributed by atoms with E-state index < -0.39 is 6.16 Å². The summed E-state index contributed by atoms with van der Waals surface area (Å²) in [7, 11) is 4.05. The van der Waals surface area contributed by atoms with Crippen molar-refractivity contribution in [2.45, 2.75) is 213 Å². The molecule has 6 heteroatoms. The van der Waals surface area contributed by atoms with Crippen molar-refractivity contribution in [2.75, 3.05) is 33.9 Å². The molecule has 0 bridgehead atoms. The average molecular weight is 720 g/mol. The molecule has 2 unspecified atom stereocenters. The summed E-state index contributed by atoms with van der Waals surface area (Å²) >= 11 is 0. The third-order valence-electron chi connectivity index (χ3n) is 9.81. The summed E-state index contributed by atoms with van der Waals surface area (Å²) in [4.78, 5) is 27.1. The summed E-state index contributed by atoms with van der Waals surface area (Å²) in [5, 5.41) is 0. The van der Waals surface area contributed by atoms with E-state index in [-0.39, 0.29) is 18.0 Å². The van der Waals surface area contributed by atoms with Crippen LogP contribution in [0.3, 0.4) is 0 Å². The Morgan fingerprint density at radius 1 is 0.529 bits per heavy atom. The molecule has 0 aromatic heterocycles. The van der Waals surface area contributed by atoms with Gasteiger partial charge in [-0.25, -0.2) is 4.79 Å². The number of carbonyl (C=O) groups excluding carboxylic acids is 2. The number of rotatable bonds is 38. The summed E-state index contributed by atoms with van der Waals surface area (Å²) in [6, 6.07) is 0. The number of carbonyl (C=O) groups is 2. The maximum atomic E-state index is 12.6. The van der Waals surface area contributed by atoms with Gasteiger partial charge in [0.05, 0.1) is 19.1 Å².